The zero-order valence-electron chi connectivity index (χ0n) is 18.1. The molecule has 7 nitrogen and oxygen atoms in total. The number of rotatable bonds is 4. The number of aryl methyl sites for hydroxylation is 3. The minimum atomic E-state index is 0.0130. The lowest BCUT2D eigenvalue weighted by molar-refractivity contribution is -0.117. The maximum atomic E-state index is 12.7. The van der Waals surface area contributed by atoms with E-state index in [0.29, 0.717) is 6.54 Å². The molecule has 2 aliphatic rings. The Balaban J connectivity index is 1.34. The van der Waals surface area contributed by atoms with Gasteiger partial charge in [0, 0.05) is 37.0 Å². The number of likely N-dealkylation sites (tertiary alicyclic amines) is 1. The van der Waals surface area contributed by atoms with Crippen LogP contribution in [0.25, 0.3) is 11.4 Å². The number of fused-ring (bicyclic) bond motifs is 2. The normalized spacial score (nSPS) is 20.7. The van der Waals surface area contributed by atoms with Crippen LogP contribution in [0.1, 0.15) is 36.2 Å². The fourth-order valence-corrected chi connectivity index (χ4v) is 5.14. The highest BCUT2D eigenvalue weighted by atomic mass is 16.2. The summed E-state index contributed by atoms with van der Waals surface area (Å²) in [5.74, 6) is 0.807. The zero-order valence-corrected chi connectivity index (χ0v) is 18.1. The lowest BCUT2D eigenvalue weighted by atomic mass is 9.77. The van der Waals surface area contributed by atoms with E-state index in [1.807, 2.05) is 44.6 Å². The van der Waals surface area contributed by atoms with Crippen LogP contribution in [-0.4, -0.2) is 50.2 Å². The molecule has 160 valence electrons. The van der Waals surface area contributed by atoms with Gasteiger partial charge < -0.3 is 5.32 Å². The predicted octanol–water partition coefficient (Wildman–Crippen LogP) is 3.10. The third kappa shape index (κ3) is 3.85. The minimum Gasteiger partial charge on any atom is -0.322 e. The number of amides is 1. The highest BCUT2D eigenvalue weighted by molar-refractivity contribution is 5.92. The predicted molar refractivity (Wildman–Crippen MR) is 120 cm³/mol. The van der Waals surface area contributed by atoms with Crippen molar-refractivity contribution in [2.24, 2.45) is 7.05 Å². The molecule has 5 rings (SSSR count). The molecule has 1 N–H and O–H groups in total. The van der Waals surface area contributed by atoms with E-state index in [1.165, 1.54) is 11.3 Å². The van der Waals surface area contributed by atoms with Crippen LogP contribution in [0.5, 0.6) is 0 Å². The molecule has 1 amide bonds. The topological polar surface area (TPSA) is 75.9 Å². The van der Waals surface area contributed by atoms with Crippen LogP contribution in [0.2, 0.25) is 0 Å². The average Bonchev–Trinajstić information content (AvgIpc) is 3.27. The SMILES string of the molecule is Cc1nn(C)cc1NC(=O)CN1CCCC2(CCc3cnc(-c4ccccc4)nc32)C1. The summed E-state index contributed by atoms with van der Waals surface area (Å²) in [6.45, 7) is 4.10. The summed E-state index contributed by atoms with van der Waals surface area (Å²) in [5, 5.41) is 7.32. The smallest absolute Gasteiger partial charge is 0.238 e. The van der Waals surface area contributed by atoms with Crippen LogP contribution >= 0.6 is 0 Å². The Morgan fingerprint density at radius 3 is 2.84 bits per heavy atom. The molecule has 0 saturated carbocycles. The van der Waals surface area contributed by atoms with Crippen molar-refractivity contribution >= 4 is 11.6 Å². The molecule has 1 unspecified atom stereocenters. The van der Waals surface area contributed by atoms with Crippen molar-refractivity contribution in [2.75, 3.05) is 25.0 Å². The summed E-state index contributed by atoms with van der Waals surface area (Å²) < 4.78 is 1.72. The first-order valence-electron chi connectivity index (χ1n) is 11.0. The van der Waals surface area contributed by atoms with Crippen LogP contribution < -0.4 is 5.32 Å². The largest absolute Gasteiger partial charge is 0.322 e. The van der Waals surface area contributed by atoms with Gasteiger partial charge in [-0.05, 0) is 44.7 Å². The van der Waals surface area contributed by atoms with Gasteiger partial charge in [-0.3, -0.25) is 14.4 Å². The number of piperidine rings is 1. The van der Waals surface area contributed by atoms with Crippen LogP contribution in [0.4, 0.5) is 5.69 Å². The molecule has 0 bridgehead atoms. The molecular formula is C24H28N6O. The van der Waals surface area contributed by atoms with Gasteiger partial charge in [0.1, 0.15) is 0 Å². The Morgan fingerprint density at radius 2 is 2.06 bits per heavy atom. The van der Waals surface area contributed by atoms with Crippen molar-refractivity contribution in [1.82, 2.24) is 24.6 Å². The molecule has 1 aliphatic heterocycles. The van der Waals surface area contributed by atoms with Crippen LogP contribution in [0.15, 0.2) is 42.7 Å². The fourth-order valence-electron chi connectivity index (χ4n) is 5.14. The molecule has 3 heterocycles. The molecule has 1 spiro atoms. The second-order valence-corrected chi connectivity index (χ2v) is 8.88. The number of aromatic nitrogens is 4. The summed E-state index contributed by atoms with van der Waals surface area (Å²) in [5.41, 5.74) is 5.13. The third-order valence-corrected chi connectivity index (χ3v) is 6.58. The van der Waals surface area contributed by atoms with E-state index in [9.17, 15) is 4.79 Å². The van der Waals surface area contributed by atoms with Gasteiger partial charge in [0.05, 0.1) is 23.6 Å². The van der Waals surface area contributed by atoms with Crippen molar-refractivity contribution in [3.63, 3.8) is 0 Å². The number of nitrogens with zero attached hydrogens (tertiary/aromatic N) is 5. The molecular weight excluding hydrogens is 388 g/mol. The number of hydrogen-bond donors (Lipinski definition) is 1. The van der Waals surface area contributed by atoms with Crippen molar-refractivity contribution in [1.29, 1.82) is 0 Å². The first-order valence-corrected chi connectivity index (χ1v) is 11.0. The summed E-state index contributed by atoms with van der Waals surface area (Å²) >= 11 is 0. The van der Waals surface area contributed by atoms with E-state index < -0.39 is 0 Å². The van der Waals surface area contributed by atoms with Crippen LogP contribution in [0.3, 0.4) is 0 Å². The maximum Gasteiger partial charge on any atom is 0.238 e. The number of carbonyl (C=O) groups is 1. The Morgan fingerprint density at radius 1 is 1.23 bits per heavy atom. The van der Waals surface area contributed by atoms with E-state index in [4.69, 9.17) is 4.98 Å². The molecule has 1 fully saturated rings. The van der Waals surface area contributed by atoms with Gasteiger partial charge >= 0.3 is 0 Å². The number of anilines is 1. The lowest BCUT2D eigenvalue weighted by Crippen LogP contribution is -2.47. The lowest BCUT2D eigenvalue weighted by Gasteiger charge is -2.40. The molecule has 1 atom stereocenters. The average molecular weight is 417 g/mol. The summed E-state index contributed by atoms with van der Waals surface area (Å²) in [7, 11) is 1.86. The highest BCUT2D eigenvalue weighted by Gasteiger charge is 2.44. The van der Waals surface area contributed by atoms with E-state index in [2.05, 4.69) is 32.4 Å². The van der Waals surface area contributed by atoms with Crippen LogP contribution in [0, 0.1) is 6.92 Å². The van der Waals surface area contributed by atoms with Crippen molar-refractivity contribution in [3.8, 4) is 11.4 Å². The van der Waals surface area contributed by atoms with E-state index in [-0.39, 0.29) is 11.3 Å². The quantitative estimate of drug-likeness (QED) is 0.707. The zero-order chi connectivity index (χ0) is 21.4. The second kappa shape index (κ2) is 7.89. The Kier molecular flexibility index (Phi) is 5.06. The minimum absolute atomic E-state index is 0.0130. The number of nitrogens with one attached hydrogen (secondary N) is 1. The van der Waals surface area contributed by atoms with Gasteiger partial charge in [0.2, 0.25) is 5.91 Å². The van der Waals surface area contributed by atoms with Gasteiger partial charge in [-0.1, -0.05) is 30.3 Å². The Labute approximate surface area is 182 Å². The molecule has 3 aromatic rings. The third-order valence-electron chi connectivity index (χ3n) is 6.58. The molecule has 1 saturated heterocycles. The van der Waals surface area contributed by atoms with Gasteiger partial charge in [-0.15, -0.1) is 0 Å². The van der Waals surface area contributed by atoms with Gasteiger partial charge in [-0.2, -0.15) is 5.10 Å². The fraction of sp³-hybridized carbons (Fsp3) is 0.417. The van der Waals surface area contributed by atoms with Crippen molar-refractivity contribution < 1.29 is 4.79 Å². The van der Waals surface area contributed by atoms with Gasteiger partial charge in [0.15, 0.2) is 5.82 Å². The molecule has 0 radical (unpaired) electrons. The molecule has 1 aliphatic carbocycles. The van der Waals surface area contributed by atoms with Crippen molar-refractivity contribution in [2.45, 2.75) is 38.0 Å². The van der Waals surface area contributed by atoms with E-state index >= 15 is 0 Å². The van der Waals surface area contributed by atoms with Crippen LogP contribution in [-0.2, 0) is 23.7 Å². The van der Waals surface area contributed by atoms with E-state index in [0.717, 1.165) is 61.5 Å². The van der Waals surface area contributed by atoms with Crippen molar-refractivity contribution in [3.05, 3.63) is 59.7 Å². The summed E-state index contributed by atoms with van der Waals surface area (Å²) in [6, 6.07) is 10.2. The summed E-state index contributed by atoms with van der Waals surface area (Å²) in [4.78, 5) is 24.7. The Hall–Kier alpha value is -3.06. The standard InChI is InChI=1S/C24H28N6O/c1-17-20(14-29(2)28-17)26-21(31)15-30-12-6-10-24(16-30)11-9-19-13-25-23(27-22(19)24)18-7-4-3-5-8-18/h3-5,7-8,13-14H,6,9-12,15-16H2,1-2H3,(H,26,31). The molecule has 2 aromatic heterocycles. The van der Waals surface area contributed by atoms with E-state index in [1.54, 1.807) is 4.68 Å². The second-order valence-electron chi connectivity index (χ2n) is 8.88. The first-order chi connectivity index (χ1) is 15.0. The van der Waals surface area contributed by atoms with Gasteiger partial charge in [-0.25, -0.2) is 9.97 Å². The monoisotopic (exact) mass is 416 g/mol. The number of carbonyl (C=O) groups excluding carboxylic acids is 1. The summed E-state index contributed by atoms with van der Waals surface area (Å²) in [6.07, 6.45) is 8.14. The number of hydrogen-bond acceptors (Lipinski definition) is 5. The molecule has 1 aromatic carbocycles. The first kappa shape index (κ1) is 19.9. The highest BCUT2D eigenvalue weighted by Crippen LogP contribution is 2.44. The number of benzene rings is 1. The van der Waals surface area contributed by atoms with Gasteiger partial charge in [0.25, 0.3) is 0 Å². The molecule has 7 heteroatoms. The molecule has 31 heavy (non-hydrogen) atoms. The Bertz CT molecular complexity index is 1100. The maximum absolute atomic E-state index is 12.7.